The van der Waals surface area contributed by atoms with Crippen LogP contribution in [0, 0.1) is 5.92 Å². The third-order valence-corrected chi connectivity index (χ3v) is 2.63. The van der Waals surface area contributed by atoms with Crippen molar-refractivity contribution < 1.29 is 0 Å². The van der Waals surface area contributed by atoms with E-state index in [2.05, 4.69) is 29.6 Å². The Hall–Kier alpha value is -0.560. The van der Waals surface area contributed by atoms with Crippen molar-refractivity contribution in [3.63, 3.8) is 0 Å². The van der Waals surface area contributed by atoms with Gasteiger partial charge in [-0.05, 0) is 31.7 Å². The molecule has 11 heavy (non-hydrogen) atoms. The third kappa shape index (κ3) is 1.54. The molecule has 0 radical (unpaired) electrons. The zero-order valence-electron chi connectivity index (χ0n) is 6.79. The van der Waals surface area contributed by atoms with E-state index in [0.717, 1.165) is 12.0 Å². The van der Waals surface area contributed by atoms with Crippen LogP contribution in [0.4, 0.5) is 0 Å². The van der Waals surface area contributed by atoms with Crippen molar-refractivity contribution >= 4 is 0 Å². The lowest BCUT2D eigenvalue weighted by Crippen LogP contribution is -2.29. The summed E-state index contributed by atoms with van der Waals surface area (Å²) < 4.78 is 0. The predicted molar refractivity (Wildman–Crippen MR) is 47.4 cm³/mol. The van der Waals surface area contributed by atoms with Crippen LogP contribution in [-0.2, 0) is 0 Å². The van der Waals surface area contributed by atoms with Crippen molar-refractivity contribution in [3.05, 3.63) is 24.3 Å². The van der Waals surface area contributed by atoms with Crippen molar-refractivity contribution in [1.29, 1.82) is 0 Å². The number of allylic oxidation sites excluding steroid dienone is 3. The molecule has 0 amide bonds. The summed E-state index contributed by atoms with van der Waals surface area (Å²) in [5.41, 5.74) is 0. The zero-order valence-corrected chi connectivity index (χ0v) is 6.79. The normalized spacial score (nSPS) is 36.4. The first kappa shape index (κ1) is 7.11. The molecular weight excluding hydrogens is 134 g/mol. The van der Waals surface area contributed by atoms with E-state index in [1.807, 2.05) is 0 Å². The van der Waals surface area contributed by atoms with Crippen LogP contribution in [0.5, 0.6) is 0 Å². The molecule has 1 saturated heterocycles. The summed E-state index contributed by atoms with van der Waals surface area (Å²) in [6, 6.07) is 0.760. The van der Waals surface area contributed by atoms with Crippen molar-refractivity contribution in [2.45, 2.75) is 25.3 Å². The minimum absolute atomic E-state index is 0.760. The van der Waals surface area contributed by atoms with Crippen LogP contribution < -0.4 is 5.32 Å². The monoisotopic (exact) mass is 149 g/mol. The first-order valence-electron chi connectivity index (χ1n) is 4.53. The molecule has 1 aliphatic heterocycles. The molecule has 0 spiro atoms. The predicted octanol–water partition coefficient (Wildman–Crippen LogP) is 1.87. The van der Waals surface area contributed by atoms with E-state index in [9.17, 15) is 0 Å². The third-order valence-electron chi connectivity index (χ3n) is 2.63. The summed E-state index contributed by atoms with van der Waals surface area (Å²) in [6.07, 6.45) is 12.9. The van der Waals surface area contributed by atoms with E-state index in [0.29, 0.717) is 0 Å². The molecule has 2 aliphatic rings. The maximum atomic E-state index is 3.54. The molecule has 0 aromatic heterocycles. The lowest BCUT2D eigenvalue weighted by molar-refractivity contribution is 0.461. The van der Waals surface area contributed by atoms with Crippen molar-refractivity contribution in [1.82, 2.24) is 5.32 Å². The van der Waals surface area contributed by atoms with Crippen molar-refractivity contribution in [2.75, 3.05) is 6.54 Å². The van der Waals surface area contributed by atoms with Crippen molar-refractivity contribution in [3.8, 4) is 0 Å². The van der Waals surface area contributed by atoms with E-state index in [1.54, 1.807) is 0 Å². The molecule has 0 saturated carbocycles. The van der Waals surface area contributed by atoms with Gasteiger partial charge in [0, 0.05) is 6.04 Å². The highest BCUT2D eigenvalue weighted by Gasteiger charge is 2.21. The van der Waals surface area contributed by atoms with Crippen LogP contribution in [0.2, 0.25) is 0 Å². The molecule has 0 bridgehead atoms. The van der Waals surface area contributed by atoms with Crippen LogP contribution in [0.25, 0.3) is 0 Å². The van der Waals surface area contributed by atoms with E-state index in [4.69, 9.17) is 0 Å². The number of hydrogen-bond donors (Lipinski definition) is 1. The Labute approximate surface area is 68.2 Å². The van der Waals surface area contributed by atoms with Gasteiger partial charge in [0.1, 0.15) is 0 Å². The van der Waals surface area contributed by atoms with E-state index < -0.39 is 0 Å². The molecule has 0 aromatic carbocycles. The molecule has 1 unspecified atom stereocenters. The summed E-state index contributed by atoms with van der Waals surface area (Å²) in [4.78, 5) is 0. The molecule has 1 fully saturated rings. The van der Waals surface area contributed by atoms with Crippen molar-refractivity contribution in [2.24, 2.45) is 5.92 Å². The lowest BCUT2D eigenvalue weighted by Gasteiger charge is -2.20. The molecular formula is C10H15N. The minimum Gasteiger partial charge on any atom is -0.313 e. The largest absolute Gasteiger partial charge is 0.313 e. The highest BCUT2D eigenvalue weighted by Crippen LogP contribution is 2.21. The van der Waals surface area contributed by atoms with Crippen LogP contribution in [0.3, 0.4) is 0 Å². The van der Waals surface area contributed by atoms with Crippen LogP contribution in [0.1, 0.15) is 19.3 Å². The van der Waals surface area contributed by atoms with E-state index in [-0.39, 0.29) is 0 Å². The van der Waals surface area contributed by atoms with Gasteiger partial charge >= 0.3 is 0 Å². The fourth-order valence-corrected chi connectivity index (χ4v) is 1.98. The summed E-state index contributed by atoms with van der Waals surface area (Å²) in [5, 5.41) is 3.54. The Morgan fingerprint density at radius 1 is 1.27 bits per heavy atom. The first-order valence-corrected chi connectivity index (χ1v) is 4.53. The molecule has 0 aromatic rings. The topological polar surface area (TPSA) is 12.0 Å². The molecule has 1 N–H and O–H groups in total. The van der Waals surface area contributed by atoms with Gasteiger partial charge in [0.15, 0.2) is 0 Å². The molecule has 2 atom stereocenters. The number of rotatable bonds is 1. The van der Waals surface area contributed by atoms with Gasteiger partial charge in [0.2, 0.25) is 0 Å². The molecule has 1 aliphatic carbocycles. The van der Waals surface area contributed by atoms with Crippen LogP contribution in [-0.4, -0.2) is 12.6 Å². The summed E-state index contributed by atoms with van der Waals surface area (Å²) in [6.45, 7) is 1.22. The Kier molecular flexibility index (Phi) is 2.08. The molecule has 1 nitrogen and oxygen atoms in total. The Morgan fingerprint density at radius 2 is 2.27 bits per heavy atom. The van der Waals surface area contributed by atoms with Crippen LogP contribution in [0.15, 0.2) is 24.3 Å². The molecule has 60 valence electrons. The zero-order chi connectivity index (χ0) is 7.52. The van der Waals surface area contributed by atoms with Gasteiger partial charge in [0.25, 0.3) is 0 Å². The van der Waals surface area contributed by atoms with Gasteiger partial charge < -0.3 is 5.32 Å². The minimum atomic E-state index is 0.760. The number of nitrogens with one attached hydrogen (secondary N) is 1. The highest BCUT2D eigenvalue weighted by atomic mass is 14.9. The second-order valence-corrected chi connectivity index (χ2v) is 3.42. The maximum Gasteiger partial charge on any atom is 0.0133 e. The van der Waals surface area contributed by atoms with Gasteiger partial charge in [0.05, 0.1) is 0 Å². The Bertz CT molecular complexity index is 175. The average molecular weight is 149 g/mol. The molecule has 2 rings (SSSR count). The van der Waals surface area contributed by atoms with Gasteiger partial charge in [-0.1, -0.05) is 24.3 Å². The number of hydrogen-bond acceptors (Lipinski definition) is 1. The van der Waals surface area contributed by atoms with Gasteiger partial charge in [-0.15, -0.1) is 0 Å². The van der Waals surface area contributed by atoms with Crippen LogP contribution >= 0.6 is 0 Å². The fourth-order valence-electron chi connectivity index (χ4n) is 1.98. The fraction of sp³-hybridized carbons (Fsp3) is 0.600. The van der Waals surface area contributed by atoms with E-state index in [1.165, 1.54) is 25.8 Å². The summed E-state index contributed by atoms with van der Waals surface area (Å²) in [7, 11) is 0. The Balaban J connectivity index is 1.94. The van der Waals surface area contributed by atoms with E-state index >= 15 is 0 Å². The highest BCUT2D eigenvalue weighted by molar-refractivity contribution is 5.13. The molecule has 1 heteroatoms. The summed E-state index contributed by atoms with van der Waals surface area (Å²) in [5.74, 6) is 0.766. The second-order valence-electron chi connectivity index (χ2n) is 3.42. The molecule has 1 heterocycles. The maximum absolute atomic E-state index is 3.54. The summed E-state index contributed by atoms with van der Waals surface area (Å²) >= 11 is 0. The second kappa shape index (κ2) is 3.22. The van der Waals surface area contributed by atoms with Gasteiger partial charge in [-0.25, -0.2) is 0 Å². The lowest BCUT2D eigenvalue weighted by atomic mass is 9.92. The first-order chi connectivity index (χ1) is 5.47. The quantitative estimate of drug-likeness (QED) is 0.600. The SMILES string of the molecule is C1=CC[C@H](C2CCCN2)C=C1. The Morgan fingerprint density at radius 3 is 2.91 bits per heavy atom. The smallest absolute Gasteiger partial charge is 0.0133 e. The van der Waals surface area contributed by atoms with Gasteiger partial charge in [-0.2, -0.15) is 0 Å². The van der Waals surface area contributed by atoms with Gasteiger partial charge in [-0.3, -0.25) is 0 Å². The standard InChI is InChI=1S/C10H15N/c1-2-5-9(6-3-1)10-7-4-8-11-10/h1-3,5,9-11H,4,6-8H2/t9-,10?/m1/s1. The average Bonchev–Trinajstić information content (AvgIpc) is 2.58.